The topological polar surface area (TPSA) is 73.7 Å². The Bertz CT molecular complexity index is 502. The molecule has 1 aromatic rings. The van der Waals surface area contributed by atoms with E-state index in [2.05, 4.69) is 4.98 Å². The van der Waals surface area contributed by atoms with E-state index in [-0.39, 0.29) is 23.7 Å². The van der Waals surface area contributed by atoms with Gasteiger partial charge < -0.3 is 15.1 Å². The summed E-state index contributed by atoms with van der Waals surface area (Å²) in [6, 6.07) is 1.54. The molecule has 2 unspecified atom stereocenters. The summed E-state index contributed by atoms with van der Waals surface area (Å²) in [7, 11) is 1.73. The summed E-state index contributed by atoms with van der Waals surface area (Å²) in [5.41, 5.74) is 0.674. The minimum Gasteiger partial charge on any atom is -0.506 e. The fourth-order valence-corrected chi connectivity index (χ4v) is 2.50. The molecule has 20 heavy (non-hydrogen) atoms. The first-order chi connectivity index (χ1) is 9.56. The van der Waals surface area contributed by atoms with E-state index < -0.39 is 0 Å². The first kappa shape index (κ1) is 14.5. The molecule has 1 aromatic heterocycles. The Labute approximate surface area is 118 Å². The molecule has 0 spiro atoms. The van der Waals surface area contributed by atoms with E-state index >= 15 is 0 Å². The predicted molar refractivity (Wildman–Crippen MR) is 75.9 cm³/mol. The molecule has 2 rings (SSSR count). The quantitative estimate of drug-likeness (QED) is 0.816. The SMILES string of the molecule is CN(CC1CCCC1O)C(=O)/C=C/c1cncc(O)c1. The molecule has 1 fully saturated rings. The molecule has 1 heterocycles. The highest BCUT2D eigenvalue weighted by atomic mass is 16.3. The highest BCUT2D eigenvalue weighted by molar-refractivity contribution is 5.91. The van der Waals surface area contributed by atoms with Crippen LogP contribution in [0.1, 0.15) is 24.8 Å². The maximum atomic E-state index is 12.0. The second-order valence-corrected chi connectivity index (χ2v) is 5.29. The van der Waals surface area contributed by atoms with Crippen LogP contribution in [0.4, 0.5) is 0 Å². The van der Waals surface area contributed by atoms with Gasteiger partial charge in [-0.3, -0.25) is 9.78 Å². The lowest BCUT2D eigenvalue weighted by atomic mass is 10.1. The summed E-state index contributed by atoms with van der Waals surface area (Å²) < 4.78 is 0. The summed E-state index contributed by atoms with van der Waals surface area (Å²) >= 11 is 0. The first-order valence-electron chi connectivity index (χ1n) is 6.81. The number of aromatic hydroxyl groups is 1. The molecule has 2 N–H and O–H groups in total. The van der Waals surface area contributed by atoms with Crippen LogP contribution in [0, 0.1) is 5.92 Å². The van der Waals surface area contributed by atoms with Crippen LogP contribution in [0.3, 0.4) is 0 Å². The van der Waals surface area contributed by atoms with Crippen molar-refractivity contribution >= 4 is 12.0 Å². The number of aliphatic hydroxyl groups excluding tert-OH is 1. The van der Waals surface area contributed by atoms with E-state index in [0.29, 0.717) is 12.1 Å². The minimum absolute atomic E-state index is 0.0713. The highest BCUT2D eigenvalue weighted by Gasteiger charge is 2.26. The van der Waals surface area contributed by atoms with Crippen LogP contribution in [0.2, 0.25) is 0 Å². The Morgan fingerprint density at radius 3 is 2.95 bits per heavy atom. The van der Waals surface area contributed by atoms with Crippen LogP contribution >= 0.6 is 0 Å². The number of hydrogen-bond acceptors (Lipinski definition) is 4. The van der Waals surface area contributed by atoms with E-state index in [1.165, 1.54) is 18.3 Å². The molecule has 2 atom stereocenters. The molecule has 108 valence electrons. The van der Waals surface area contributed by atoms with Gasteiger partial charge in [-0.25, -0.2) is 0 Å². The molecule has 1 saturated carbocycles. The summed E-state index contributed by atoms with van der Waals surface area (Å²) in [5, 5.41) is 19.1. The first-order valence-corrected chi connectivity index (χ1v) is 6.81. The number of aliphatic hydroxyl groups is 1. The van der Waals surface area contributed by atoms with Gasteiger partial charge in [-0.1, -0.05) is 6.42 Å². The third-order valence-corrected chi connectivity index (χ3v) is 3.67. The molecular formula is C15H20N2O3. The molecule has 0 saturated heterocycles. The number of rotatable bonds is 4. The van der Waals surface area contributed by atoms with Crippen molar-refractivity contribution in [2.24, 2.45) is 5.92 Å². The van der Waals surface area contributed by atoms with Crippen molar-refractivity contribution in [2.75, 3.05) is 13.6 Å². The standard InChI is InChI=1S/C15H20N2O3/c1-17(10-12-3-2-4-14(12)19)15(20)6-5-11-7-13(18)9-16-8-11/h5-9,12,14,18-19H,2-4,10H2,1H3/b6-5+. The monoisotopic (exact) mass is 276 g/mol. The number of amides is 1. The zero-order valence-electron chi connectivity index (χ0n) is 11.6. The van der Waals surface area contributed by atoms with Crippen molar-refractivity contribution in [2.45, 2.75) is 25.4 Å². The minimum atomic E-state index is -0.287. The molecular weight excluding hydrogens is 256 g/mol. The number of nitrogens with zero attached hydrogens (tertiary/aromatic N) is 2. The molecule has 5 nitrogen and oxygen atoms in total. The zero-order valence-corrected chi connectivity index (χ0v) is 11.6. The van der Waals surface area contributed by atoms with E-state index in [0.717, 1.165) is 19.3 Å². The summed E-state index contributed by atoms with van der Waals surface area (Å²) in [6.07, 6.45) is 8.53. The maximum absolute atomic E-state index is 12.0. The van der Waals surface area contributed by atoms with Gasteiger partial charge in [0.1, 0.15) is 5.75 Å². The number of aromatic nitrogens is 1. The number of likely N-dealkylation sites (N-methyl/N-ethyl adjacent to an activating group) is 1. The van der Waals surface area contributed by atoms with Crippen LogP contribution in [0.15, 0.2) is 24.5 Å². The average Bonchev–Trinajstić information content (AvgIpc) is 2.81. The number of carbonyl (C=O) groups excluding carboxylic acids is 1. The van der Waals surface area contributed by atoms with E-state index in [1.807, 2.05) is 0 Å². The van der Waals surface area contributed by atoms with Crippen LogP contribution in [0.5, 0.6) is 5.75 Å². The molecule has 1 aliphatic rings. The molecule has 5 heteroatoms. The Kier molecular flexibility index (Phi) is 4.74. The van der Waals surface area contributed by atoms with E-state index in [1.54, 1.807) is 24.2 Å². The van der Waals surface area contributed by atoms with Gasteiger partial charge in [-0.2, -0.15) is 0 Å². The Morgan fingerprint density at radius 2 is 2.30 bits per heavy atom. The van der Waals surface area contributed by atoms with E-state index in [9.17, 15) is 15.0 Å². The number of hydrogen-bond donors (Lipinski definition) is 2. The van der Waals surface area contributed by atoms with Crippen LogP contribution in [-0.2, 0) is 4.79 Å². The Hall–Kier alpha value is -1.88. The molecule has 0 bridgehead atoms. The van der Waals surface area contributed by atoms with Crippen LogP contribution < -0.4 is 0 Å². The zero-order chi connectivity index (χ0) is 14.5. The van der Waals surface area contributed by atoms with E-state index in [4.69, 9.17) is 0 Å². The Morgan fingerprint density at radius 1 is 1.50 bits per heavy atom. The van der Waals surface area contributed by atoms with Gasteiger partial charge in [0.05, 0.1) is 12.3 Å². The maximum Gasteiger partial charge on any atom is 0.246 e. The Balaban J connectivity index is 1.90. The molecule has 0 aromatic carbocycles. The normalized spacial score (nSPS) is 22.3. The third kappa shape index (κ3) is 3.81. The van der Waals surface area contributed by atoms with Crippen molar-refractivity contribution < 1.29 is 15.0 Å². The molecule has 0 radical (unpaired) electrons. The van der Waals surface area contributed by atoms with Gasteiger partial charge in [0.25, 0.3) is 0 Å². The fourth-order valence-electron chi connectivity index (χ4n) is 2.50. The van der Waals surface area contributed by atoms with Gasteiger partial charge >= 0.3 is 0 Å². The van der Waals surface area contributed by atoms with Crippen molar-refractivity contribution in [3.8, 4) is 5.75 Å². The van der Waals surface area contributed by atoms with Gasteiger partial charge in [0.15, 0.2) is 0 Å². The lowest BCUT2D eigenvalue weighted by molar-refractivity contribution is -0.125. The van der Waals surface area contributed by atoms with Crippen molar-refractivity contribution in [3.05, 3.63) is 30.1 Å². The van der Waals surface area contributed by atoms with Gasteiger partial charge in [0.2, 0.25) is 5.91 Å². The van der Waals surface area contributed by atoms with Gasteiger partial charge in [0, 0.05) is 31.8 Å². The summed E-state index contributed by atoms with van der Waals surface area (Å²) in [6.45, 7) is 0.572. The fraction of sp³-hybridized carbons (Fsp3) is 0.467. The predicted octanol–water partition coefficient (Wildman–Crippen LogP) is 1.42. The smallest absolute Gasteiger partial charge is 0.246 e. The molecule has 1 aliphatic carbocycles. The third-order valence-electron chi connectivity index (χ3n) is 3.67. The van der Waals surface area contributed by atoms with Gasteiger partial charge in [-0.05, 0) is 30.5 Å². The molecule has 0 aliphatic heterocycles. The lowest BCUT2D eigenvalue weighted by Crippen LogP contribution is -2.33. The largest absolute Gasteiger partial charge is 0.506 e. The lowest BCUT2D eigenvalue weighted by Gasteiger charge is -2.22. The second kappa shape index (κ2) is 6.52. The second-order valence-electron chi connectivity index (χ2n) is 5.29. The summed E-state index contributed by atoms with van der Waals surface area (Å²) in [5.74, 6) is 0.134. The average molecular weight is 276 g/mol. The van der Waals surface area contributed by atoms with Crippen LogP contribution in [0.25, 0.3) is 6.08 Å². The number of pyridine rings is 1. The van der Waals surface area contributed by atoms with Crippen molar-refractivity contribution in [3.63, 3.8) is 0 Å². The van der Waals surface area contributed by atoms with Crippen molar-refractivity contribution in [1.29, 1.82) is 0 Å². The van der Waals surface area contributed by atoms with Crippen LogP contribution in [-0.4, -0.2) is 45.7 Å². The summed E-state index contributed by atoms with van der Waals surface area (Å²) in [4.78, 5) is 17.4. The number of carbonyl (C=O) groups is 1. The molecule has 1 amide bonds. The van der Waals surface area contributed by atoms with Crippen molar-refractivity contribution in [1.82, 2.24) is 9.88 Å². The van der Waals surface area contributed by atoms with Gasteiger partial charge in [-0.15, -0.1) is 0 Å². The highest BCUT2D eigenvalue weighted by Crippen LogP contribution is 2.26.